The standard InChI is InChI=1S/C18H28ClNO/c1-18(2,3)21-10-9-15(13-20-17-7-8-17)11-14-5-4-6-16(19)12-14/h4-6,12,15,17,20H,7-11,13H2,1-3H3. The fourth-order valence-corrected chi connectivity index (χ4v) is 2.64. The lowest BCUT2D eigenvalue weighted by atomic mass is 9.96. The summed E-state index contributed by atoms with van der Waals surface area (Å²) in [5.41, 5.74) is 1.27. The van der Waals surface area contributed by atoms with E-state index in [1.807, 2.05) is 12.1 Å². The molecule has 1 atom stereocenters. The fraction of sp³-hybridized carbons (Fsp3) is 0.667. The van der Waals surface area contributed by atoms with Crippen LogP contribution in [0.3, 0.4) is 0 Å². The van der Waals surface area contributed by atoms with Crippen molar-refractivity contribution in [3.63, 3.8) is 0 Å². The Morgan fingerprint density at radius 3 is 2.71 bits per heavy atom. The molecule has 0 saturated heterocycles. The van der Waals surface area contributed by atoms with Gasteiger partial charge < -0.3 is 10.1 Å². The summed E-state index contributed by atoms with van der Waals surface area (Å²) < 4.78 is 5.89. The van der Waals surface area contributed by atoms with Crippen LogP contribution in [-0.2, 0) is 11.2 Å². The maximum atomic E-state index is 6.09. The molecule has 0 bridgehead atoms. The van der Waals surface area contributed by atoms with Gasteiger partial charge in [-0.1, -0.05) is 23.7 Å². The van der Waals surface area contributed by atoms with E-state index in [1.54, 1.807) is 0 Å². The number of ether oxygens (including phenoxy) is 1. The lowest BCUT2D eigenvalue weighted by molar-refractivity contribution is -0.00921. The van der Waals surface area contributed by atoms with Crippen molar-refractivity contribution >= 4 is 11.6 Å². The molecular formula is C18H28ClNO. The second kappa shape index (κ2) is 7.62. The molecule has 2 rings (SSSR count). The predicted octanol–water partition coefficient (Wildman–Crippen LogP) is 4.46. The Balaban J connectivity index is 1.84. The predicted molar refractivity (Wildman–Crippen MR) is 90.0 cm³/mol. The molecule has 1 N–H and O–H groups in total. The van der Waals surface area contributed by atoms with Crippen LogP contribution in [0.4, 0.5) is 0 Å². The summed E-state index contributed by atoms with van der Waals surface area (Å²) >= 11 is 6.09. The highest BCUT2D eigenvalue weighted by Crippen LogP contribution is 2.21. The Bertz CT molecular complexity index is 437. The molecule has 0 spiro atoms. The number of halogens is 1. The Kier molecular flexibility index (Phi) is 6.09. The molecule has 1 aromatic carbocycles. The monoisotopic (exact) mass is 309 g/mol. The minimum absolute atomic E-state index is 0.0511. The number of hydrogen-bond acceptors (Lipinski definition) is 2. The maximum absolute atomic E-state index is 6.09. The molecule has 1 fully saturated rings. The van der Waals surface area contributed by atoms with Crippen LogP contribution in [0.1, 0.15) is 45.6 Å². The van der Waals surface area contributed by atoms with Crippen molar-refractivity contribution in [3.8, 4) is 0 Å². The van der Waals surface area contributed by atoms with Crippen molar-refractivity contribution in [2.24, 2.45) is 5.92 Å². The second-order valence-corrected chi connectivity index (χ2v) is 7.57. The van der Waals surface area contributed by atoms with Gasteiger partial charge in [-0.25, -0.2) is 0 Å². The van der Waals surface area contributed by atoms with E-state index < -0.39 is 0 Å². The third-order valence-electron chi connectivity index (χ3n) is 3.75. The first kappa shape index (κ1) is 16.8. The van der Waals surface area contributed by atoms with E-state index >= 15 is 0 Å². The van der Waals surface area contributed by atoms with Gasteiger partial charge in [-0.3, -0.25) is 0 Å². The number of rotatable bonds is 8. The Labute approximate surface area is 134 Å². The molecule has 1 aliphatic rings. The molecule has 1 aliphatic carbocycles. The molecule has 0 amide bonds. The summed E-state index contributed by atoms with van der Waals surface area (Å²) in [5.74, 6) is 0.603. The summed E-state index contributed by atoms with van der Waals surface area (Å²) in [7, 11) is 0. The normalized spacial score (nSPS) is 17.0. The van der Waals surface area contributed by atoms with Gasteiger partial charge in [0.25, 0.3) is 0 Å². The van der Waals surface area contributed by atoms with E-state index in [9.17, 15) is 0 Å². The van der Waals surface area contributed by atoms with E-state index in [0.29, 0.717) is 5.92 Å². The van der Waals surface area contributed by atoms with Gasteiger partial charge in [0.15, 0.2) is 0 Å². The highest BCUT2D eigenvalue weighted by molar-refractivity contribution is 6.30. The van der Waals surface area contributed by atoms with Crippen LogP contribution >= 0.6 is 11.6 Å². The van der Waals surface area contributed by atoms with Crippen molar-refractivity contribution in [1.29, 1.82) is 0 Å². The molecule has 0 aromatic heterocycles. The second-order valence-electron chi connectivity index (χ2n) is 7.13. The van der Waals surface area contributed by atoms with Crippen LogP contribution in [0.25, 0.3) is 0 Å². The molecule has 3 heteroatoms. The first-order valence-corrected chi connectivity index (χ1v) is 8.42. The number of hydrogen-bond donors (Lipinski definition) is 1. The van der Waals surface area contributed by atoms with E-state index in [0.717, 1.165) is 37.1 Å². The summed E-state index contributed by atoms with van der Waals surface area (Å²) in [5, 5.41) is 4.48. The zero-order chi connectivity index (χ0) is 15.3. The molecule has 1 saturated carbocycles. The Morgan fingerprint density at radius 1 is 1.33 bits per heavy atom. The molecular weight excluding hydrogens is 282 g/mol. The first-order valence-electron chi connectivity index (χ1n) is 8.04. The summed E-state index contributed by atoms with van der Waals surface area (Å²) in [4.78, 5) is 0. The number of nitrogens with one attached hydrogen (secondary N) is 1. The van der Waals surface area contributed by atoms with Gasteiger partial charge in [-0.05, 0) is 76.6 Å². The van der Waals surface area contributed by atoms with Crippen molar-refractivity contribution < 1.29 is 4.74 Å². The molecule has 1 aromatic rings. The van der Waals surface area contributed by atoms with Crippen molar-refractivity contribution in [2.45, 2.75) is 58.1 Å². The van der Waals surface area contributed by atoms with Crippen LogP contribution in [0, 0.1) is 5.92 Å². The van der Waals surface area contributed by atoms with Crippen LogP contribution in [0.15, 0.2) is 24.3 Å². The molecule has 2 nitrogen and oxygen atoms in total. The van der Waals surface area contributed by atoms with Gasteiger partial charge in [-0.2, -0.15) is 0 Å². The topological polar surface area (TPSA) is 21.3 Å². The Hall–Kier alpha value is -0.570. The molecule has 0 heterocycles. The highest BCUT2D eigenvalue weighted by atomic mass is 35.5. The van der Waals surface area contributed by atoms with E-state index in [4.69, 9.17) is 16.3 Å². The van der Waals surface area contributed by atoms with Gasteiger partial charge in [0.05, 0.1) is 5.60 Å². The third kappa shape index (κ3) is 7.30. The van der Waals surface area contributed by atoms with Gasteiger partial charge >= 0.3 is 0 Å². The van der Waals surface area contributed by atoms with Crippen LogP contribution < -0.4 is 5.32 Å². The molecule has 0 radical (unpaired) electrons. The minimum atomic E-state index is -0.0511. The largest absolute Gasteiger partial charge is 0.376 e. The first-order chi connectivity index (χ1) is 9.92. The molecule has 1 unspecified atom stereocenters. The van der Waals surface area contributed by atoms with Gasteiger partial charge in [-0.15, -0.1) is 0 Å². The zero-order valence-corrected chi connectivity index (χ0v) is 14.2. The number of benzene rings is 1. The van der Waals surface area contributed by atoms with E-state index in [-0.39, 0.29) is 5.60 Å². The van der Waals surface area contributed by atoms with Crippen LogP contribution in [0.5, 0.6) is 0 Å². The highest BCUT2D eigenvalue weighted by Gasteiger charge is 2.22. The van der Waals surface area contributed by atoms with E-state index in [2.05, 4.69) is 38.2 Å². The van der Waals surface area contributed by atoms with Crippen molar-refractivity contribution in [1.82, 2.24) is 5.32 Å². The SMILES string of the molecule is CC(C)(C)OCCC(CNC1CC1)Cc1cccc(Cl)c1. The Morgan fingerprint density at radius 2 is 2.10 bits per heavy atom. The van der Waals surface area contributed by atoms with E-state index in [1.165, 1.54) is 18.4 Å². The minimum Gasteiger partial charge on any atom is -0.376 e. The van der Waals surface area contributed by atoms with Crippen molar-refractivity contribution in [3.05, 3.63) is 34.9 Å². The lowest BCUT2D eigenvalue weighted by Gasteiger charge is -2.23. The summed E-state index contributed by atoms with van der Waals surface area (Å²) in [6.45, 7) is 8.23. The van der Waals surface area contributed by atoms with Gasteiger partial charge in [0, 0.05) is 17.7 Å². The average molecular weight is 310 g/mol. The summed E-state index contributed by atoms with van der Waals surface area (Å²) in [6, 6.07) is 8.98. The smallest absolute Gasteiger partial charge is 0.0598 e. The molecule has 0 aliphatic heterocycles. The summed E-state index contributed by atoms with van der Waals surface area (Å²) in [6.07, 6.45) is 4.82. The quantitative estimate of drug-likeness (QED) is 0.765. The van der Waals surface area contributed by atoms with Crippen molar-refractivity contribution in [2.75, 3.05) is 13.2 Å². The van der Waals surface area contributed by atoms with Crippen LogP contribution in [-0.4, -0.2) is 24.8 Å². The fourth-order valence-electron chi connectivity index (χ4n) is 2.43. The maximum Gasteiger partial charge on any atom is 0.0598 e. The third-order valence-corrected chi connectivity index (χ3v) is 3.98. The van der Waals surface area contributed by atoms with Gasteiger partial charge in [0.1, 0.15) is 0 Å². The average Bonchev–Trinajstić information content (AvgIpc) is 3.18. The molecule has 21 heavy (non-hydrogen) atoms. The molecule has 118 valence electrons. The van der Waals surface area contributed by atoms with Gasteiger partial charge in [0.2, 0.25) is 0 Å². The lowest BCUT2D eigenvalue weighted by Crippen LogP contribution is -2.28. The zero-order valence-electron chi connectivity index (χ0n) is 13.5. The van der Waals surface area contributed by atoms with Crippen LogP contribution in [0.2, 0.25) is 5.02 Å².